The van der Waals surface area contributed by atoms with Crippen LogP contribution in [0.5, 0.6) is 0 Å². The second-order valence-electron chi connectivity index (χ2n) is 5.29. The van der Waals surface area contributed by atoms with Crippen molar-refractivity contribution in [2.45, 2.75) is 13.5 Å². The first-order valence-corrected chi connectivity index (χ1v) is 7.35. The van der Waals surface area contributed by atoms with Crippen LogP contribution in [0.3, 0.4) is 0 Å². The highest BCUT2D eigenvalue weighted by Gasteiger charge is 2.14. The summed E-state index contributed by atoms with van der Waals surface area (Å²) in [5.41, 5.74) is 2.27. The van der Waals surface area contributed by atoms with Crippen molar-refractivity contribution in [1.29, 1.82) is 0 Å². The fourth-order valence-corrected chi connectivity index (χ4v) is 2.41. The molecule has 0 saturated carbocycles. The van der Waals surface area contributed by atoms with E-state index in [9.17, 15) is 9.59 Å². The SMILES string of the molecule is Cc1c(NC(=O)c2ccccc2)c(=O)[nH]n1Cc1ccccc1. The molecule has 0 saturated heterocycles. The maximum Gasteiger partial charge on any atom is 0.288 e. The third-order valence-corrected chi connectivity index (χ3v) is 3.69. The Morgan fingerprint density at radius 1 is 1.04 bits per heavy atom. The maximum atomic E-state index is 12.2. The van der Waals surface area contributed by atoms with Gasteiger partial charge in [0.25, 0.3) is 11.5 Å². The van der Waals surface area contributed by atoms with E-state index in [0.717, 1.165) is 5.56 Å². The lowest BCUT2D eigenvalue weighted by atomic mass is 10.2. The summed E-state index contributed by atoms with van der Waals surface area (Å²) in [6, 6.07) is 18.6. The third-order valence-electron chi connectivity index (χ3n) is 3.69. The molecule has 1 aromatic heterocycles. The number of nitrogens with one attached hydrogen (secondary N) is 2. The lowest BCUT2D eigenvalue weighted by molar-refractivity contribution is 0.102. The summed E-state index contributed by atoms with van der Waals surface area (Å²) < 4.78 is 1.73. The van der Waals surface area contributed by atoms with Gasteiger partial charge in [0.05, 0.1) is 12.2 Å². The quantitative estimate of drug-likeness (QED) is 0.778. The summed E-state index contributed by atoms with van der Waals surface area (Å²) >= 11 is 0. The van der Waals surface area contributed by atoms with Gasteiger partial charge in [-0.2, -0.15) is 0 Å². The minimum absolute atomic E-state index is 0.287. The Balaban J connectivity index is 1.84. The van der Waals surface area contributed by atoms with Gasteiger partial charge in [-0.1, -0.05) is 48.5 Å². The highest BCUT2D eigenvalue weighted by molar-refractivity contribution is 6.04. The second kappa shape index (κ2) is 6.36. The molecular weight excluding hydrogens is 290 g/mol. The molecule has 2 aromatic carbocycles. The van der Waals surface area contributed by atoms with E-state index >= 15 is 0 Å². The monoisotopic (exact) mass is 307 g/mol. The summed E-state index contributed by atoms with van der Waals surface area (Å²) in [6.45, 7) is 2.35. The number of aromatic amines is 1. The van der Waals surface area contributed by atoms with E-state index in [0.29, 0.717) is 17.8 Å². The molecule has 1 heterocycles. The van der Waals surface area contributed by atoms with Crippen molar-refractivity contribution < 1.29 is 4.79 Å². The topological polar surface area (TPSA) is 66.9 Å². The average Bonchev–Trinajstić information content (AvgIpc) is 2.84. The number of hydrogen-bond acceptors (Lipinski definition) is 2. The number of benzene rings is 2. The summed E-state index contributed by atoms with van der Waals surface area (Å²) in [4.78, 5) is 24.3. The van der Waals surface area contributed by atoms with E-state index in [2.05, 4.69) is 10.4 Å². The van der Waals surface area contributed by atoms with Crippen molar-refractivity contribution in [3.8, 4) is 0 Å². The number of nitrogens with zero attached hydrogens (tertiary/aromatic N) is 1. The van der Waals surface area contributed by atoms with Crippen molar-refractivity contribution in [2.24, 2.45) is 0 Å². The number of aromatic nitrogens is 2. The number of carbonyl (C=O) groups is 1. The predicted octanol–water partition coefficient (Wildman–Crippen LogP) is 2.79. The molecule has 0 aliphatic heterocycles. The third kappa shape index (κ3) is 3.23. The Kier molecular flexibility index (Phi) is 4.10. The summed E-state index contributed by atoms with van der Waals surface area (Å²) in [5.74, 6) is -0.295. The highest BCUT2D eigenvalue weighted by Crippen LogP contribution is 2.12. The van der Waals surface area contributed by atoms with Crippen LogP contribution in [0.1, 0.15) is 21.6 Å². The van der Waals surface area contributed by atoms with Crippen LogP contribution in [0.4, 0.5) is 5.69 Å². The van der Waals surface area contributed by atoms with E-state index in [1.807, 2.05) is 36.4 Å². The van der Waals surface area contributed by atoms with Crippen LogP contribution in [-0.4, -0.2) is 15.7 Å². The normalized spacial score (nSPS) is 10.5. The first-order chi connectivity index (χ1) is 11.1. The van der Waals surface area contributed by atoms with Gasteiger partial charge in [0.15, 0.2) is 0 Å². The molecule has 5 nitrogen and oxygen atoms in total. The Labute approximate surface area is 133 Å². The zero-order chi connectivity index (χ0) is 16.2. The lowest BCUT2D eigenvalue weighted by Gasteiger charge is -2.07. The van der Waals surface area contributed by atoms with Gasteiger partial charge in [0.2, 0.25) is 0 Å². The molecular formula is C18H17N3O2. The smallest absolute Gasteiger partial charge is 0.288 e. The number of anilines is 1. The molecule has 5 heteroatoms. The minimum atomic E-state index is -0.303. The van der Waals surface area contributed by atoms with E-state index < -0.39 is 0 Å². The molecule has 0 atom stereocenters. The molecule has 0 bridgehead atoms. The molecule has 116 valence electrons. The van der Waals surface area contributed by atoms with Crippen molar-refractivity contribution in [1.82, 2.24) is 9.78 Å². The van der Waals surface area contributed by atoms with E-state index in [4.69, 9.17) is 0 Å². The molecule has 3 rings (SSSR count). The van der Waals surface area contributed by atoms with Crippen LogP contribution in [0, 0.1) is 6.92 Å². The Hall–Kier alpha value is -3.08. The summed E-state index contributed by atoms with van der Waals surface area (Å²) in [5, 5.41) is 5.46. The summed E-state index contributed by atoms with van der Waals surface area (Å²) in [7, 11) is 0. The van der Waals surface area contributed by atoms with Gasteiger partial charge in [-0.25, -0.2) is 0 Å². The van der Waals surface area contributed by atoms with Crippen LogP contribution in [0.15, 0.2) is 65.5 Å². The second-order valence-corrected chi connectivity index (χ2v) is 5.29. The molecule has 0 aliphatic carbocycles. The van der Waals surface area contributed by atoms with Gasteiger partial charge in [-0.3, -0.25) is 19.4 Å². The first kappa shape index (κ1) is 14.8. The van der Waals surface area contributed by atoms with Crippen LogP contribution in [0.25, 0.3) is 0 Å². The Morgan fingerprint density at radius 3 is 2.30 bits per heavy atom. The molecule has 0 unspecified atom stereocenters. The molecule has 23 heavy (non-hydrogen) atoms. The van der Waals surface area contributed by atoms with E-state index in [-0.39, 0.29) is 17.2 Å². The number of carbonyl (C=O) groups excluding carboxylic acids is 1. The molecule has 0 aliphatic rings. The van der Waals surface area contributed by atoms with Gasteiger partial charge in [0, 0.05) is 5.56 Å². The maximum absolute atomic E-state index is 12.2. The molecule has 1 amide bonds. The predicted molar refractivity (Wildman–Crippen MR) is 89.7 cm³/mol. The highest BCUT2D eigenvalue weighted by atomic mass is 16.2. The largest absolute Gasteiger partial charge is 0.316 e. The molecule has 0 spiro atoms. The van der Waals surface area contributed by atoms with Crippen molar-refractivity contribution in [2.75, 3.05) is 5.32 Å². The number of rotatable bonds is 4. The van der Waals surface area contributed by atoms with Gasteiger partial charge in [0.1, 0.15) is 5.69 Å². The fraction of sp³-hybridized carbons (Fsp3) is 0.111. The van der Waals surface area contributed by atoms with Gasteiger partial charge < -0.3 is 5.32 Å². The standard InChI is InChI=1S/C18H17N3O2/c1-13-16(19-17(22)15-10-6-3-7-11-15)18(23)20-21(13)12-14-8-4-2-5-9-14/h2-11H,12H2,1H3,(H,19,22)(H,20,23). The summed E-state index contributed by atoms with van der Waals surface area (Å²) in [6.07, 6.45) is 0. The molecule has 2 N–H and O–H groups in total. The zero-order valence-corrected chi connectivity index (χ0v) is 12.7. The van der Waals surface area contributed by atoms with Gasteiger partial charge >= 0.3 is 0 Å². The molecule has 0 fully saturated rings. The van der Waals surface area contributed by atoms with Crippen LogP contribution >= 0.6 is 0 Å². The molecule has 0 radical (unpaired) electrons. The molecule has 3 aromatic rings. The first-order valence-electron chi connectivity index (χ1n) is 7.35. The van der Waals surface area contributed by atoms with Gasteiger partial charge in [-0.05, 0) is 24.6 Å². The van der Waals surface area contributed by atoms with Gasteiger partial charge in [-0.15, -0.1) is 0 Å². The van der Waals surface area contributed by atoms with E-state index in [1.165, 1.54) is 0 Å². The fourth-order valence-electron chi connectivity index (χ4n) is 2.41. The number of hydrogen-bond donors (Lipinski definition) is 2. The van der Waals surface area contributed by atoms with Crippen LogP contribution in [-0.2, 0) is 6.54 Å². The van der Waals surface area contributed by atoms with E-state index in [1.54, 1.807) is 35.9 Å². The average molecular weight is 307 g/mol. The Bertz CT molecular complexity index is 864. The van der Waals surface area contributed by atoms with Crippen LogP contribution in [0.2, 0.25) is 0 Å². The van der Waals surface area contributed by atoms with Crippen molar-refractivity contribution >= 4 is 11.6 Å². The number of amides is 1. The number of H-pyrrole nitrogens is 1. The lowest BCUT2D eigenvalue weighted by Crippen LogP contribution is -2.17. The van der Waals surface area contributed by atoms with Crippen molar-refractivity contribution in [3.63, 3.8) is 0 Å². The van der Waals surface area contributed by atoms with Crippen LogP contribution < -0.4 is 10.9 Å². The minimum Gasteiger partial charge on any atom is -0.316 e. The van der Waals surface area contributed by atoms with Crippen molar-refractivity contribution in [3.05, 3.63) is 87.8 Å². The zero-order valence-electron chi connectivity index (χ0n) is 12.7. The Morgan fingerprint density at radius 2 is 1.65 bits per heavy atom.